The van der Waals surface area contributed by atoms with Gasteiger partial charge in [0.2, 0.25) is 11.8 Å². The Balaban J connectivity index is 1.89. The molecule has 1 aromatic carbocycles. The minimum absolute atomic E-state index is 0.0667. The van der Waals surface area contributed by atoms with Crippen LogP contribution in [-0.2, 0) is 9.59 Å². The van der Waals surface area contributed by atoms with E-state index in [1.807, 2.05) is 31.2 Å². The molecule has 2 amide bonds. The molecule has 3 N–H and O–H groups in total. The number of nitrogens with one attached hydrogen (secondary N) is 3. The number of carbonyl (C=O) groups is 2. The molecule has 0 spiro atoms. The van der Waals surface area contributed by atoms with Crippen LogP contribution in [0.4, 0.5) is 5.69 Å². The van der Waals surface area contributed by atoms with Gasteiger partial charge in [0.05, 0.1) is 6.04 Å². The van der Waals surface area contributed by atoms with Crippen LogP contribution in [0.3, 0.4) is 0 Å². The fraction of sp³-hybridized carbons (Fsp3) is 0.529. The number of hydrogen-bond donors (Lipinski definition) is 3. The Morgan fingerprint density at radius 3 is 2.73 bits per heavy atom. The van der Waals surface area contributed by atoms with Crippen molar-refractivity contribution in [2.75, 3.05) is 18.4 Å². The molecular formula is C17H25N3O2. The normalized spacial score (nSPS) is 16.8. The standard InChI is InChI=1S/C17H25N3O2/c1-12(15-4-3-5-16(11-15)20-13(2)21)19-17(22)10-14-6-8-18-9-7-14/h3-5,11-12,14,18H,6-10H2,1-2H3,(H,19,22)(H,20,21). The third kappa shape index (κ3) is 5.15. The van der Waals surface area contributed by atoms with E-state index in [2.05, 4.69) is 16.0 Å². The summed E-state index contributed by atoms with van der Waals surface area (Å²) in [7, 11) is 0. The predicted molar refractivity (Wildman–Crippen MR) is 87.5 cm³/mol. The van der Waals surface area contributed by atoms with Crippen LogP contribution < -0.4 is 16.0 Å². The van der Waals surface area contributed by atoms with E-state index in [-0.39, 0.29) is 17.9 Å². The fourth-order valence-electron chi connectivity index (χ4n) is 2.82. The van der Waals surface area contributed by atoms with Crippen molar-refractivity contribution in [1.29, 1.82) is 0 Å². The number of amides is 2. The summed E-state index contributed by atoms with van der Waals surface area (Å²) in [5.74, 6) is 0.489. The lowest BCUT2D eigenvalue weighted by Crippen LogP contribution is -2.33. The molecule has 1 saturated heterocycles. The zero-order valence-corrected chi connectivity index (χ0v) is 13.3. The molecule has 22 heavy (non-hydrogen) atoms. The van der Waals surface area contributed by atoms with Crippen LogP contribution in [0, 0.1) is 5.92 Å². The van der Waals surface area contributed by atoms with Crippen LogP contribution in [0.2, 0.25) is 0 Å². The van der Waals surface area contributed by atoms with Crippen molar-refractivity contribution < 1.29 is 9.59 Å². The highest BCUT2D eigenvalue weighted by Gasteiger charge is 2.18. The molecule has 5 heteroatoms. The fourth-order valence-corrected chi connectivity index (χ4v) is 2.82. The Labute approximate surface area is 131 Å². The van der Waals surface area contributed by atoms with E-state index in [1.165, 1.54) is 6.92 Å². The van der Waals surface area contributed by atoms with E-state index >= 15 is 0 Å². The van der Waals surface area contributed by atoms with Gasteiger partial charge in [-0.2, -0.15) is 0 Å². The molecule has 2 rings (SSSR count). The van der Waals surface area contributed by atoms with E-state index in [9.17, 15) is 9.59 Å². The SMILES string of the molecule is CC(=O)Nc1cccc(C(C)NC(=O)CC2CCNCC2)c1. The number of benzene rings is 1. The molecule has 1 atom stereocenters. The third-order valence-corrected chi connectivity index (χ3v) is 4.02. The third-order valence-electron chi connectivity index (χ3n) is 4.02. The number of rotatable bonds is 5. The van der Waals surface area contributed by atoms with Crippen molar-refractivity contribution in [3.63, 3.8) is 0 Å². The minimum atomic E-state index is -0.0975. The smallest absolute Gasteiger partial charge is 0.221 e. The number of anilines is 1. The Bertz CT molecular complexity index is 524. The first-order chi connectivity index (χ1) is 10.5. The molecule has 5 nitrogen and oxygen atoms in total. The van der Waals surface area contributed by atoms with Gasteiger partial charge in [-0.3, -0.25) is 9.59 Å². The monoisotopic (exact) mass is 303 g/mol. The molecule has 1 aliphatic rings. The van der Waals surface area contributed by atoms with Crippen molar-refractivity contribution in [2.45, 2.75) is 39.2 Å². The second kappa shape index (κ2) is 7.94. The van der Waals surface area contributed by atoms with Crippen LogP contribution >= 0.6 is 0 Å². The number of piperidine rings is 1. The predicted octanol–water partition coefficient (Wildman–Crippen LogP) is 2.21. The van der Waals surface area contributed by atoms with Gasteiger partial charge in [-0.15, -0.1) is 0 Å². The molecule has 0 bridgehead atoms. The van der Waals surface area contributed by atoms with Gasteiger partial charge in [0.25, 0.3) is 0 Å². The average molecular weight is 303 g/mol. The molecule has 1 aliphatic heterocycles. The van der Waals surface area contributed by atoms with Gasteiger partial charge in [0.1, 0.15) is 0 Å². The highest BCUT2D eigenvalue weighted by molar-refractivity contribution is 5.88. The van der Waals surface area contributed by atoms with E-state index in [0.717, 1.165) is 37.2 Å². The van der Waals surface area contributed by atoms with Crippen molar-refractivity contribution in [3.8, 4) is 0 Å². The van der Waals surface area contributed by atoms with E-state index in [4.69, 9.17) is 0 Å². The quantitative estimate of drug-likeness (QED) is 0.781. The Morgan fingerprint density at radius 1 is 1.32 bits per heavy atom. The average Bonchev–Trinajstić information content (AvgIpc) is 2.47. The van der Waals surface area contributed by atoms with Crippen LogP contribution in [0.5, 0.6) is 0 Å². The lowest BCUT2D eigenvalue weighted by Gasteiger charge is -2.23. The molecule has 0 radical (unpaired) electrons. The zero-order valence-electron chi connectivity index (χ0n) is 13.3. The van der Waals surface area contributed by atoms with Crippen molar-refractivity contribution in [3.05, 3.63) is 29.8 Å². The van der Waals surface area contributed by atoms with Gasteiger partial charge in [-0.25, -0.2) is 0 Å². The molecule has 0 aromatic heterocycles. The number of hydrogen-bond acceptors (Lipinski definition) is 3. The summed E-state index contributed by atoms with van der Waals surface area (Å²) in [6, 6.07) is 7.52. The molecular weight excluding hydrogens is 278 g/mol. The van der Waals surface area contributed by atoms with Crippen LogP contribution in [0.25, 0.3) is 0 Å². The van der Waals surface area contributed by atoms with Crippen LogP contribution in [0.15, 0.2) is 24.3 Å². The van der Waals surface area contributed by atoms with Crippen molar-refractivity contribution >= 4 is 17.5 Å². The van der Waals surface area contributed by atoms with Crippen molar-refractivity contribution in [2.24, 2.45) is 5.92 Å². The largest absolute Gasteiger partial charge is 0.350 e. The molecule has 120 valence electrons. The first-order valence-electron chi connectivity index (χ1n) is 7.92. The molecule has 1 fully saturated rings. The van der Waals surface area contributed by atoms with E-state index in [1.54, 1.807) is 0 Å². The van der Waals surface area contributed by atoms with Crippen LogP contribution in [0.1, 0.15) is 44.7 Å². The van der Waals surface area contributed by atoms with Crippen LogP contribution in [-0.4, -0.2) is 24.9 Å². The first kappa shape index (κ1) is 16.5. The Hall–Kier alpha value is -1.88. The van der Waals surface area contributed by atoms with E-state index < -0.39 is 0 Å². The van der Waals surface area contributed by atoms with Gasteiger partial charge in [-0.05, 0) is 56.5 Å². The second-order valence-electron chi connectivity index (χ2n) is 5.99. The highest BCUT2D eigenvalue weighted by atomic mass is 16.2. The van der Waals surface area contributed by atoms with Gasteiger partial charge < -0.3 is 16.0 Å². The molecule has 1 unspecified atom stereocenters. The first-order valence-corrected chi connectivity index (χ1v) is 7.92. The Morgan fingerprint density at radius 2 is 2.05 bits per heavy atom. The lowest BCUT2D eigenvalue weighted by atomic mass is 9.94. The molecule has 1 aromatic rings. The summed E-state index contributed by atoms with van der Waals surface area (Å²) in [5.41, 5.74) is 1.74. The number of carbonyl (C=O) groups excluding carboxylic acids is 2. The topological polar surface area (TPSA) is 70.2 Å². The summed E-state index contributed by atoms with van der Waals surface area (Å²) in [4.78, 5) is 23.3. The maximum Gasteiger partial charge on any atom is 0.221 e. The molecule has 0 aliphatic carbocycles. The lowest BCUT2D eigenvalue weighted by molar-refractivity contribution is -0.122. The van der Waals surface area contributed by atoms with Gasteiger partial charge in [0.15, 0.2) is 0 Å². The highest BCUT2D eigenvalue weighted by Crippen LogP contribution is 2.19. The van der Waals surface area contributed by atoms with Crippen molar-refractivity contribution in [1.82, 2.24) is 10.6 Å². The minimum Gasteiger partial charge on any atom is -0.350 e. The molecule has 0 saturated carbocycles. The summed E-state index contributed by atoms with van der Waals surface area (Å²) in [5, 5.41) is 9.12. The maximum atomic E-state index is 12.2. The summed E-state index contributed by atoms with van der Waals surface area (Å²) in [6.45, 7) is 5.46. The summed E-state index contributed by atoms with van der Waals surface area (Å²) < 4.78 is 0. The maximum absolute atomic E-state index is 12.2. The molecule has 1 heterocycles. The van der Waals surface area contributed by atoms with Gasteiger partial charge in [0, 0.05) is 19.0 Å². The Kier molecular flexibility index (Phi) is 5.95. The zero-order chi connectivity index (χ0) is 15.9. The van der Waals surface area contributed by atoms with E-state index in [0.29, 0.717) is 12.3 Å². The van der Waals surface area contributed by atoms with Gasteiger partial charge >= 0.3 is 0 Å². The second-order valence-corrected chi connectivity index (χ2v) is 5.99. The van der Waals surface area contributed by atoms with Gasteiger partial charge in [-0.1, -0.05) is 12.1 Å². The summed E-state index contributed by atoms with van der Waals surface area (Å²) >= 11 is 0. The summed E-state index contributed by atoms with van der Waals surface area (Å²) in [6.07, 6.45) is 2.73.